The number of hydrogen-bond acceptors (Lipinski definition) is 4. The molecule has 1 heterocycles. The number of carbonyl (C=O) groups excluding carboxylic acids is 1. The average Bonchev–Trinajstić information content (AvgIpc) is 3.18. The van der Waals surface area contributed by atoms with Crippen LogP contribution in [-0.2, 0) is 11.0 Å². The fraction of sp³-hybridized carbons (Fsp3) is 0.391. The summed E-state index contributed by atoms with van der Waals surface area (Å²) in [4.78, 5) is 12.5. The van der Waals surface area contributed by atoms with Crippen molar-refractivity contribution in [3.05, 3.63) is 64.5 Å². The highest BCUT2D eigenvalue weighted by Gasteiger charge is 2.36. The molecule has 2 N–H and O–H groups in total. The van der Waals surface area contributed by atoms with Gasteiger partial charge in [0.15, 0.2) is 12.3 Å². The summed E-state index contributed by atoms with van der Waals surface area (Å²) in [5.41, 5.74) is -0.0380. The van der Waals surface area contributed by atoms with E-state index in [1.807, 2.05) is 6.08 Å². The van der Waals surface area contributed by atoms with Crippen molar-refractivity contribution >= 4 is 17.5 Å². The number of rotatable bonds is 7. The summed E-state index contributed by atoms with van der Waals surface area (Å²) in [6, 6.07) is 6.26. The van der Waals surface area contributed by atoms with Crippen LogP contribution in [-0.4, -0.2) is 33.4 Å². The average molecular weight is 484 g/mol. The van der Waals surface area contributed by atoms with Crippen LogP contribution < -0.4 is 10.1 Å². The number of aromatic nitrogens is 2. The molecule has 0 fully saturated rings. The first-order valence-corrected chi connectivity index (χ1v) is 10.7. The molecule has 1 aliphatic rings. The molecule has 3 rings (SSSR count). The summed E-state index contributed by atoms with van der Waals surface area (Å²) in [5, 5.41) is 16.6. The Labute approximate surface area is 194 Å². The summed E-state index contributed by atoms with van der Waals surface area (Å²) in [7, 11) is 0. The zero-order chi connectivity index (χ0) is 24.4. The maximum Gasteiger partial charge on any atom is 0.435 e. The van der Waals surface area contributed by atoms with E-state index < -0.39 is 30.4 Å². The van der Waals surface area contributed by atoms with E-state index in [-0.39, 0.29) is 27.8 Å². The number of allylic oxidation sites excluding steroid dienone is 2. The van der Waals surface area contributed by atoms with E-state index in [0.717, 1.165) is 16.7 Å². The Morgan fingerprint density at radius 2 is 2.00 bits per heavy atom. The predicted octanol–water partition coefficient (Wildman–Crippen LogP) is 5.62. The monoisotopic (exact) mass is 483 g/mol. The SMILES string of the molecule is CCC(C)(C)C1=CC=C(O)C(NC(=O)COc2cc(C(F)(F)F)nn2-c2ccccc2Cl)C1. The number of halogens is 4. The number of hydrogen-bond donors (Lipinski definition) is 2. The first-order chi connectivity index (χ1) is 15.4. The molecule has 1 unspecified atom stereocenters. The van der Waals surface area contributed by atoms with Gasteiger partial charge in [-0.25, -0.2) is 0 Å². The van der Waals surface area contributed by atoms with Gasteiger partial charge in [-0.15, -0.1) is 0 Å². The maximum atomic E-state index is 13.2. The minimum atomic E-state index is -4.71. The number of amides is 1. The molecular formula is C23H25ClF3N3O3. The van der Waals surface area contributed by atoms with E-state index in [9.17, 15) is 23.1 Å². The number of carbonyl (C=O) groups is 1. The van der Waals surface area contributed by atoms with Gasteiger partial charge in [-0.2, -0.15) is 23.0 Å². The standard InChI is InChI=1S/C23H25ClF3N3O3/c1-4-22(2,3)14-9-10-18(31)16(11-14)28-20(32)13-33-21-12-19(23(25,26)27)29-30(21)17-8-6-5-7-15(17)24/h5-10,12,16,31H,4,11,13H2,1-3H3,(H,28,32). The third kappa shape index (κ3) is 5.71. The van der Waals surface area contributed by atoms with Crippen LogP contribution in [0.25, 0.3) is 5.69 Å². The number of alkyl halides is 3. The van der Waals surface area contributed by atoms with E-state index in [4.69, 9.17) is 16.3 Å². The molecule has 2 aromatic rings. The molecule has 0 saturated heterocycles. The van der Waals surface area contributed by atoms with Crippen LogP contribution in [0.15, 0.2) is 53.8 Å². The lowest BCUT2D eigenvalue weighted by molar-refractivity contribution is -0.141. The molecule has 0 bridgehead atoms. The van der Waals surface area contributed by atoms with Gasteiger partial charge < -0.3 is 15.2 Å². The minimum absolute atomic E-state index is 0.000491. The van der Waals surface area contributed by atoms with E-state index in [0.29, 0.717) is 12.5 Å². The molecule has 1 aromatic heterocycles. The largest absolute Gasteiger partial charge is 0.510 e. The van der Waals surface area contributed by atoms with Gasteiger partial charge >= 0.3 is 6.18 Å². The smallest absolute Gasteiger partial charge is 0.435 e. The quantitative estimate of drug-likeness (QED) is 0.536. The van der Waals surface area contributed by atoms with Gasteiger partial charge in [0.2, 0.25) is 5.88 Å². The highest BCUT2D eigenvalue weighted by Crippen LogP contribution is 2.36. The third-order valence-corrected chi connectivity index (χ3v) is 6.04. The molecule has 1 aliphatic carbocycles. The summed E-state index contributed by atoms with van der Waals surface area (Å²) in [6.45, 7) is 5.63. The highest BCUT2D eigenvalue weighted by atomic mass is 35.5. The fourth-order valence-corrected chi connectivity index (χ4v) is 3.54. The Morgan fingerprint density at radius 1 is 1.30 bits per heavy atom. The van der Waals surface area contributed by atoms with Crippen molar-refractivity contribution in [2.24, 2.45) is 5.41 Å². The Morgan fingerprint density at radius 3 is 2.64 bits per heavy atom. The zero-order valence-electron chi connectivity index (χ0n) is 18.4. The molecule has 6 nitrogen and oxygen atoms in total. The van der Waals surface area contributed by atoms with Crippen molar-refractivity contribution < 1.29 is 27.8 Å². The van der Waals surface area contributed by atoms with Crippen LogP contribution in [0.2, 0.25) is 5.02 Å². The lowest BCUT2D eigenvalue weighted by Gasteiger charge is -2.32. The highest BCUT2D eigenvalue weighted by molar-refractivity contribution is 6.32. The number of aliphatic hydroxyl groups excluding tert-OH is 1. The lowest BCUT2D eigenvalue weighted by Crippen LogP contribution is -2.41. The van der Waals surface area contributed by atoms with E-state index in [1.54, 1.807) is 18.2 Å². The molecule has 1 atom stereocenters. The van der Waals surface area contributed by atoms with Crippen molar-refractivity contribution in [3.63, 3.8) is 0 Å². The summed E-state index contributed by atoms with van der Waals surface area (Å²) >= 11 is 6.11. The minimum Gasteiger partial charge on any atom is -0.510 e. The van der Waals surface area contributed by atoms with Crippen molar-refractivity contribution in [1.82, 2.24) is 15.1 Å². The third-order valence-electron chi connectivity index (χ3n) is 5.72. The van der Waals surface area contributed by atoms with Gasteiger partial charge in [-0.05, 0) is 36.5 Å². The van der Waals surface area contributed by atoms with Gasteiger partial charge in [0, 0.05) is 6.07 Å². The molecule has 178 valence electrons. The number of nitrogens with one attached hydrogen (secondary N) is 1. The second-order valence-electron chi connectivity index (χ2n) is 8.36. The van der Waals surface area contributed by atoms with Gasteiger partial charge in [0.1, 0.15) is 5.76 Å². The Kier molecular flexibility index (Phi) is 7.11. The number of ether oxygens (including phenoxy) is 1. The van der Waals surface area contributed by atoms with Crippen LogP contribution in [0.5, 0.6) is 5.88 Å². The van der Waals surface area contributed by atoms with Crippen LogP contribution in [0.3, 0.4) is 0 Å². The molecular weight excluding hydrogens is 459 g/mol. The molecule has 0 saturated carbocycles. The summed E-state index contributed by atoms with van der Waals surface area (Å²) < 4.78 is 46.0. The number of nitrogens with zero attached hydrogens (tertiary/aromatic N) is 2. The second kappa shape index (κ2) is 9.51. The summed E-state index contributed by atoms with van der Waals surface area (Å²) in [6.07, 6.45) is -0.0151. The summed E-state index contributed by atoms with van der Waals surface area (Å²) in [5.74, 6) is -0.892. The normalized spacial score (nSPS) is 16.8. The molecule has 10 heteroatoms. The van der Waals surface area contributed by atoms with Crippen molar-refractivity contribution in [2.45, 2.75) is 45.8 Å². The van der Waals surface area contributed by atoms with E-state index in [2.05, 4.69) is 31.2 Å². The Hall–Kier alpha value is -2.94. The number of aliphatic hydroxyl groups is 1. The van der Waals surface area contributed by atoms with Gasteiger partial charge in [0.25, 0.3) is 5.91 Å². The molecule has 1 amide bonds. The number of para-hydroxylation sites is 1. The molecule has 0 spiro atoms. The molecule has 1 aromatic carbocycles. The molecule has 0 aliphatic heterocycles. The van der Waals surface area contributed by atoms with Crippen LogP contribution >= 0.6 is 11.6 Å². The first kappa shape index (κ1) is 24.7. The van der Waals surface area contributed by atoms with Gasteiger partial charge in [-0.1, -0.05) is 56.2 Å². The van der Waals surface area contributed by atoms with Crippen LogP contribution in [0.1, 0.15) is 39.3 Å². The van der Waals surface area contributed by atoms with Crippen LogP contribution in [0.4, 0.5) is 13.2 Å². The van der Waals surface area contributed by atoms with Gasteiger partial charge in [-0.3, -0.25) is 4.79 Å². The van der Waals surface area contributed by atoms with Crippen molar-refractivity contribution in [3.8, 4) is 11.6 Å². The molecule has 33 heavy (non-hydrogen) atoms. The second-order valence-corrected chi connectivity index (χ2v) is 8.77. The van der Waals surface area contributed by atoms with E-state index >= 15 is 0 Å². The Balaban J connectivity index is 1.74. The zero-order valence-corrected chi connectivity index (χ0v) is 19.2. The lowest BCUT2D eigenvalue weighted by atomic mass is 9.77. The van der Waals surface area contributed by atoms with Gasteiger partial charge in [0.05, 0.1) is 16.8 Å². The van der Waals surface area contributed by atoms with E-state index in [1.165, 1.54) is 12.1 Å². The topological polar surface area (TPSA) is 76.4 Å². The predicted molar refractivity (Wildman–Crippen MR) is 118 cm³/mol. The first-order valence-electron chi connectivity index (χ1n) is 10.4. The van der Waals surface area contributed by atoms with Crippen molar-refractivity contribution in [1.29, 1.82) is 0 Å². The van der Waals surface area contributed by atoms with Crippen molar-refractivity contribution in [2.75, 3.05) is 6.61 Å². The Bertz CT molecular complexity index is 1090. The fourth-order valence-electron chi connectivity index (χ4n) is 3.33. The maximum absolute atomic E-state index is 13.2. The molecule has 0 radical (unpaired) electrons. The number of benzene rings is 1. The van der Waals surface area contributed by atoms with Crippen LogP contribution in [0, 0.1) is 5.41 Å².